The molecule has 0 fully saturated rings. The Hall–Kier alpha value is -1.99. The van der Waals surface area contributed by atoms with E-state index in [9.17, 15) is 13.2 Å². The van der Waals surface area contributed by atoms with Gasteiger partial charge in [-0.3, -0.25) is 0 Å². The van der Waals surface area contributed by atoms with Gasteiger partial charge in [-0.15, -0.1) is 0 Å². The van der Waals surface area contributed by atoms with E-state index in [0.29, 0.717) is 18.1 Å². The second-order valence-electron chi connectivity index (χ2n) is 5.94. The first kappa shape index (κ1) is 19.1. The Morgan fingerprint density at radius 1 is 1.30 bits per heavy atom. The van der Waals surface area contributed by atoms with Crippen molar-refractivity contribution in [1.82, 2.24) is 15.6 Å². The lowest BCUT2D eigenvalue weighted by Crippen LogP contribution is -2.47. The molecule has 0 radical (unpaired) electrons. The van der Waals surface area contributed by atoms with Crippen molar-refractivity contribution in [3.63, 3.8) is 0 Å². The van der Waals surface area contributed by atoms with E-state index in [1.807, 2.05) is 27.7 Å². The van der Waals surface area contributed by atoms with Crippen LogP contribution in [0.15, 0.2) is 23.3 Å². The zero-order valence-corrected chi connectivity index (χ0v) is 13.8. The molecule has 0 saturated heterocycles. The van der Waals surface area contributed by atoms with E-state index in [1.54, 1.807) is 12.1 Å². The SMILES string of the molecule is CCNC(=NCc1cccnc1OCC(F)(F)F)NC(C)(C)C. The Labute approximate surface area is 134 Å². The van der Waals surface area contributed by atoms with Crippen LogP contribution in [0.1, 0.15) is 33.3 Å². The molecular formula is C15H23F3N4O. The van der Waals surface area contributed by atoms with Gasteiger partial charge in [0.2, 0.25) is 5.88 Å². The van der Waals surface area contributed by atoms with E-state index >= 15 is 0 Å². The topological polar surface area (TPSA) is 58.5 Å². The maximum Gasteiger partial charge on any atom is 0.422 e. The van der Waals surface area contributed by atoms with Crippen LogP contribution in [0, 0.1) is 0 Å². The second kappa shape index (κ2) is 8.03. The van der Waals surface area contributed by atoms with Crippen molar-refractivity contribution in [3.8, 4) is 5.88 Å². The smallest absolute Gasteiger partial charge is 0.422 e. The third-order valence-electron chi connectivity index (χ3n) is 2.47. The summed E-state index contributed by atoms with van der Waals surface area (Å²) in [6.45, 7) is 7.35. The minimum atomic E-state index is -4.40. The van der Waals surface area contributed by atoms with E-state index in [4.69, 9.17) is 4.74 Å². The fourth-order valence-electron chi connectivity index (χ4n) is 1.65. The highest BCUT2D eigenvalue weighted by molar-refractivity contribution is 5.80. The van der Waals surface area contributed by atoms with Gasteiger partial charge in [0.25, 0.3) is 0 Å². The molecule has 0 unspecified atom stereocenters. The van der Waals surface area contributed by atoms with Crippen LogP contribution >= 0.6 is 0 Å². The van der Waals surface area contributed by atoms with Crippen LogP contribution in [0.4, 0.5) is 13.2 Å². The lowest BCUT2D eigenvalue weighted by Gasteiger charge is -2.23. The second-order valence-corrected chi connectivity index (χ2v) is 5.94. The molecule has 0 spiro atoms. The molecule has 5 nitrogen and oxygen atoms in total. The average Bonchev–Trinajstić information content (AvgIpc) is 2.41. The highest BCUT2D eigenvalue weighted by atomic mass is 19.4. The molecule has 130 valence electrons. The lowest BCUT2D eigenvalue weighted by atomic mass is 10.1. The molecule has 0 atom stereocenters. The number of guanidine groups is 1. The van der Waals surface area contributed by atoms with Crippen molar-refractivity contribution in [3.05, 3.63) is 23.9 Å². The van der Waals surface area contributed by atoms with Crippen molar-refractivity contribution >= 4 is 5.96 Å². The number of ether oxygens (including phenoxy) is 1. The Morgan fingerprint density at radius 2 is 2.00 bits per heavy atom. The summed E-state index contributed by atoms with van der Waals surface area (Å²) < 4.78 is 41.6. The van der Waals surface area contributed by atoms with Gasteiger partial charge in [0, 0.05) is 23.8 Å². The van der Waals surface area contributed by atoms with Gasteiger partial charge >= 0.3 is 6.18 Å². The molecule has 8 heteroatoms. The maximum absolute atomic E-state index is 12.3. The van der Waals surface area contributed by atoms with Crippen molar-refractivity contribution in [2.45, 2.75) is 46.0 Å². The van der Waals surface area contributed by atoms with Gasteiger partial charge in [-0.1, -0.05) is 6.07 Å². The molecule has 1 aromatic rings. The summed E-state index contributed by atoms with van der Waals surface area (Å²) in [5, 5.41) is 6.28. The fraction of sp³-hybridized carbons (Fsp3) is 0.600. The molecule has 1 aromatic heterocycles. The molecule has 0 saturated carbocycles. The van der Waals surface area contributed by atoms with Crippen LogP contribution in [0.2, 0.25) is 0 Å². The third-order valence-corrected chi connectivity index (χ3v) is 2.47. The number of hydrogen-bond acceptors (Lipinski definition) is 3. The summed E-state index contributed by atoms with van der Waals surface area (Å²) >= 11 is 0. The first-order valence-electron chi connectivity index (χ1n) is 7.30. The van der Waals surface area contributed by atoms with Gasteiger partial charge < -0.3 is 15.4 Å². The Kier molecular flexibility index (Phi) is 6.65. The van der Waals surface area contributed by atoms with Crippen LogP contribution in [0.3, 0.4) is 0 Å². The normalized spacial score (nSPS) is 12.9. The Balaban J connectivity index is 2.83. The van der Waals surface area contributed by atoms with Gasteiger partial charge in [-0.2, -0.15) is 13.2 Å². The van der Waals surface area contributed by atoms with E-state index in [1.165, 1.54) is 6.20 Å². The molecule has 0 aromatic carbocycles. The van der Waals surface area contributed by atoms with Gasteiger partial charge in [0.1, 0.15) is 0 Å². The highest BCUT2D eigenvalue weighted by Gasteiger charge is 2.29. The molecule has 0 bridgehead atoms. The zero-order valence-electron chi connectivity index (χ0n) is 13.8. The number of hydrogen-bond donors (Lipinski definition) is 2. The average molecular weight is 332 g/mol. The summed E-state index contributed by atoms with van der Waals surface area (Å²) in [4.78, 5) is 8.22. The Morgan fingerprint density at radius 3 is 2.57 bits per heavy atom. The minimum absolute atomic E-state index is 0.0554. The van der Waals surface area contributed by atoms with Crippen molar-refractivity contribution in [2.24, 2.45) is 4.99 Å². The number of halogens is 3. The minimum Gasteiger partial charge on any atom is -0.468 e. The quantitative estimate of drug-likeness (QED) is 0.643. The molecule has 23 heavy (non-hydrogen) atoms. The molecule has 1 heterocycles. The third kappa shape index (κ3) is 8.27. The summed E-state index contributed by atoms with van der Waals surface area (Å²) in [7, 11) is 0. The number of rotatable bonds is 5. The van der Waals surface area contributed by atoms with Gasteiger partial charge in [0.05, 0.1) is 6.54 Å². The maximum atomic E-state index is 12.3. The first-order valence-corrected chi connectivity index (χ1v) is 7.30. The number of pyridine rings is 1. The van der Waals surface area contributed by atoms with Crippen molar-refractivity contribution in [2.75, 3.05) is 13.2 Å². The van der Waals surface area contributed by atoms with Gasteiger partial charge in [-0.05, 0) is 33.8 Å². The number of aromatic nitrogens is 1. The predicted molar refractivity (Wildman–Crippen MR) is 83.5 cm³/mol. The first-order chi connectivity index (χ1) is 10.6. The van der Waals surface area contributed by atoms with Crippen molar-refractivity contribution < 1.29 is 17.9 Å². The number of aliphatic imine (C=N–C) groups is 1. The number of nitrogens with zero attached hydrogens (tertiary/aromatic N) is 2. The van der Waals surface area contributed by atoms with E-state index in [-0.39, 0.29) is 18.0 Å². The van der Waals surface area contributed by atoms with Crippen molar-refractivity contribution in [1.29, 1.82) is 0 Å². The van der Waals surface area contributed by atoms with Crippen LogP contribution < -0.4 is 15.4 Å². The van der Waals surface area contributed by atoms with Gasteiger partial charge in [0.15, 0.2) is 12.6 Å². The summed E-state index contributed by atoms with van der Waals surface area (Å²) in [5.41, 5.74) is 0.300. The molecule has 0 aliphatic carbocycles. The van der Waals surface area contributed by atoms with Crippen LogP contribution in [0.25, 0.3) is 0 Å². The van der Waals surface area contributed by atoms with Crippen LogP contribution in [-0.2, 0) is 6.54 Å². The fourth-order valence-corrected chi connectivity index (χ4v) is 1.65. The molecule has 0 amide bonds. The molecule has 0 aliphatic rings. The number of nitrogens with one attached hydrogen (secondary N) is 2. The van der Waals surface area contributed by atoms with Gasteiger partial charge in [-0.25, -0.2) is 9.98 Å². The summed E-state index contributed by atoms with van der Waals surface area (Å²) in [6, 6.07) is 3.28. The van der Waals surface area contributed by atoms with E-state index in [2.05, 4.69) is 20.6 Å². The Bertz CT molecular complexity index is 524. The summed E-state index contributed by atoms with van der Waals surface area (Å²) in [6.07, 6.45) is -3.02. The largest absolute Gasteiger partial charge is 0.468 e. The lowest BCUT2D eigenvalue weighted by molar-refractivity contribution is -0.154. The standard InChI is InChI=1S/C15H23F3N4O/c1-5-19-13(22-14(2,3)4)21-9-11-7-6-8-20-12(11)23-10-15(16,17)18/h6-8H,5,9-10H2,1-4H3,(H2,19,21,22). The number of alkyl halides is 3. The van der Waals surface area contributed by atoms with E-state index < -0.39 is 12.8 Å². The van der Waals surface area contributed by atoms with E-state index in [0.717, 1.165) is 0 Å². The summed E-state index contributed by atoms with van der Waals surface area (Å²) in [5.74, 6) is 0.519. The van der Waals surface area contributed by atoms with Crippen LogP contribution in [-0.4, -0.2) is 35.8 Å². The molecule has 0 aliphatic heterocycles. The predicted octanol–water partition coefficient (Wildman–Crippen LogP) is 2.88. The monoisotopic (exact) mass is 332 g/mol. The molecule has 1 rings (SSSR count). The molecular weight excluding hydrogens is 309 g/mol. The highest BCUT2D eigenvalue weighted by Crippen LogP contribution is 2.20. The zero-order chi connectivity index (χ0) is 17.5. The van der Waals surface area contributed by atoms with Crippen LogP contribution in [0.5, 0.6) is 5.88 Å². The molecule has 2 N–H and O–H groups in total.